The van der Waals surface area contributed by atoms with Gasteiger partial charge in [0.2, 0.25) is 17.4 Å². The van der Waals surface area contributed by atoms with E-state index in [4.69, 9.17) is 36.5 Å². The van der Waals surface area contributed by atoms with E-state index in [0.717, 1.165) is 6.54 Å². The highest BCUT2D eigenvalue weighted by molar-refractivity contribution is 6.00. The minimum atomic E-state index is -1.33. The van der Waals surface area contributed by atoms with Gasteiger partial charge in [0.15, 0.2) is 17.5 Å². The molecule has 1 aliphatic heterocycles. The normalized spacial score (nSPS) is 12.4. The number of ether oxygens (including phenoxy) is 3. The van der Waals surface area contributed by atoms with Crippen LogP contribution in [0.2, 0.25) is 0 Å². The first-order valence-electron chi connectivity index (χ1n) is 12.8. The number of guanidine groups is 1. The Labute approximate surface area is 244 Å². The fourth-order valence-electron chi connectivity index (χ4n) is 4.14. The van der Waals surface area contributed by atoms with Gasteiger partial charge in [0.1, 0.15) is 23.2 Å². The van der Waals surface area contributed by atoms with Gasteiger partial charge >= 0.3 is 0 Å². The number of aliphatic imine (C=N–C) groups is 1. The minimum absolute atomic E-state index is 0.0619. The number of phenols is 1. The van der Waals surface area contributed by atoms with Crippen LogP contribution in [0, 0.1) is 22.5 Å². The average molecular weight is 589 g/mol. The van der Waals surface area contributed by atoms with Gasteiger partial charge in [-0.1, -0.05) is 18.2 Å². The molecule has 0 aliphatic carbocycles. The zero-order valence-corrected chi connectivity index (χ0v) is 22.7. The molecule has 5 rings (SSSR count). The molecule has 4 aromatic rings. The number of likely N-dealkylation sites (N-methyl/N-ethyl adjacent to an activating group) is 1. The molecule has 0 saturated heterocycles. The Balaban J connectivity index is 1.57. The number of hydrogen-bond donors (Lipinski definition) is 6. The van der Waals surface area contributed by atoms with Crippen molar-refractivity contribution in [3.63, 3.8) is 0 Å². The van der Waals surface area contributed by atoms with Crippen molar-refractivity contribution in [1.82, 2.24) is 9.88 Å². The van der Waals surface area contributed by atoms with Crippen LogP contribution in [0.4, 0.5) is 14.5 Å². The lowest BCUT2D eigenvalue weighted by molar-refractivity contribution is 0.331. The summed E-state index contributed by atoms with van der Waals surface area (Å²) in [5.41, 5.74) is 12.1. The molecule has 1 aromatic heterocycles. The molecular weight excluding hydrogens is 562 g/mol. The molecule has 3 aromatic carbocycles. The van der Waals surface area contributed by atoms with Crippen molar-refractivity contribution >= 4 is 23.3 Å². The number of halogens is 2. The first kappa shape index (κ1) is 28.6. The van der Waals surface area contributed by atoms with Crippen LogP contribution in [0.1, 0.15) is 11.1 Å². The Bertz CT molecular complexity index is 1760. The summed E-state index contributed by atoms with van der Waals surface area (Å²) in [7, 11) is 1.88. The van der Waals surface area contributed by atoms with E-state index in [1.807, 2.05) is 11.9 Å². The fourth-order valence-corrected chi connectivity index (χ4v) is 4.14. The molecule has 2 heterocycles. The molecule has 0 fully saturated rings. The smallest absolute Gasteiger partial charge is 0.263 e. The number of nitrogen functional groups attached to an aromatic ring is 1. The van der Waals surface area contributed by atoms with Crippen molar-refractivity contribution in [2.45, 2.75) is 0 Å². The van der Waals surface area contributed by atoms with Gasteiger partial charge in [0.05, 0.1) is 6.54 Å². The van der Waals surface area contributed by atoms with Crippen molar-refractivity contribution in [3.05, 3.63) is 89.5 Å². The Hall–Kier alpha value is -5.92. The molecule has 0 radical (unpaired) electrons. The van der Waals surface area contributed by atoms with Crippen molar-refractivity contribution in [2.24, 2.45) is 16.5 Å². The Kier molecular flexibility index (Phi) is 7.92. The van der Waals surface area contributed by atoms with Gasteiger partial charge in [0, 0.05) is 36.5 Å². The number of aromatic nitrogens is 1. The lowest BCUT2D eigenvalue weighted by Crippen LogP contribution is -2.23. The number of amidine groups is 2. The summed E-state index contributed by atoms with van der Waals surface area (Å²) in [5.74, 6) is -5.54. The number of phenolic OH excluding ortho intramolecular Hbond substituents is 1. The van der Waals surface area contributed by atoms with Gasteiger partial charge in [-0.2, -0.15) is 13.8 Å². The van der Waals surface area contributed by atoms with Crippen LogP contribution in [0.25, 0.3) is 0 Å². The maximum atomic E-state index is 15.8. The number of aromatic hydroxyl groups is 1. The van der Waals surface area contributed by atoms with Gasteiger partial charge in [-0.3, -0.25) is 15.8 Å². The topological polar surface area (TPSA) is 188 Å². The van der Waals surface area contributed by atoms with E-state index in [2.05, 4.69) is 15.3 Å². The van der Waals surface area contributed by atoms with Crippen molar-refractivity contribution in [2.75, 3.05) is 25.5 Å². The lowest BCUT2D eigenvalue weighted by atomic mass is 10.2. The Morgan fingerprint density at radius 3 is 2.30 bits per heavy atom. The Morgan fingerprint density at radius 2 is 1.63 bits per heavy atom. The van der Waals surface area contributed by atoms with Crippen LogP contribution in [0.3, 0.4) is 0 Å². The number of pyridine rings is 1. The number of nitrogens with two attached hydrogens (primary N) is 2. The van der Waals surface area contributed by atoms with Crippen LogP contribution in [0.15, 0.2) is 71.7 Å². The van der Waals surface area contributed by atoms with E-state index in [0.29, 0.717) is 23.6 Å². The van der Waals surface area contributed by atoms with Crippen molar-refractivity contribution < 1.29 is 28.1 Å². The lowest BCUT2D eigenvalue weighted by Gasteiger charge is -2.17. The summed E-state index contributed by atoms with van der Waals surface area (Å²) < 4.78 is 48.6. The quantitative estimate of drug-likeness (QED) is 0.119. The highest BCUT2D eigenvalue weighted by Gasteiger charge is 2.27. The van der Waals surface area contributed by atoms with Crippen LogP contribution < -0.4 is 31.0 Å². The third kappa shape index (κ3) is 6.37. The maximum absolute atomic E-state index is 15.8. The fraction of sp³-hybridized carbons (Fsp3) is 0.103. The van der Waals surface area contributed by atoms with Crippen LogP contribution >= 0.6 is 0 Å². The number of nitrogens with one attached hydrogen (secondary N) is 3. The third-order valence-electron chi connectivity index (χ3n) is 6.15. The predicted molar refractivity (Wildman–Crippen MR) is 156 cm³/mol. The first-order chi connectivity index (χ1) is 20.6. The molecule has 14 heteroatoms. The average Bonchev–Trinajstić information content (AvgIpc) is 3.40. The number of rotatable bonds is 9. The molecule has 43 heavy (non-hydrogen) atoms. The summed E-state index contributed by atoms with van der Waals surface area (Å²) in [5, 5.41) is 28.0. The van der Waals surface area contributed by atoms with Gasteiger partial charge in [0.25, 0.3) is 11.8 Å². The Morgan fingerprint density at radius 1 is 0.930 bits per heavy atom. The van der Waals surface area contributed by atoms with E-state index in [9.17, 15) is 5.11 Å². The number of hydrogen-bond acceptors (Lipinski definition) is 9. The van der Waals surface area contributed by atoms with E-state index < -0.39 is 34.9 Å². The van der Waals surface area contributed by atoms with Crippen LogP contribution in [-0.2, 0) is 0 Å². The number of benzene rings is 3. The van der Waals surface area contributed by atoms with E-state index in [1.165, 1.54) is 36.4 Å². The van der Waals surface area contributed by atoms with Gasteiger partial charge < -0.3 is 41.0 Å². The molecule has 12 nitrogen and oxygen atoms in total. The highest BCUT2D eigenvalue weighted by Crippen LogP contribution is 2.41. The summed E-state index contributed by atoms with van der Waals surface area (Å²) in [4.78, 5) is 10.3. The zero-order chi connectivity index (χ0) is 30.7. The second-order valence-electron chi connectivity index (χ2n) is 9.30. The molecule has 0 unspecified atom stereocenters. The first-order valence-corrected chi connectivity index (χ1v) is 12.8. The van der Waals surface area contributed by atoms with Gasteiger partial charge in [-0.25, -0.2) is 0 Å². The van der Waals surface area contributed by atoms with Gasteiger partial charge in [-0.15, -0.1) is 0 Å². The molecule has 1 aliphatic rings. The van der Waals surface area contributed by atoms with E-state index in [-0.39, 0.29) is 34.6 Å². The molecule has 8 N–H and O–H groups in total. The molecule has 220 valence electrons. The summed E-state index contributed by atoms with van der Waals surface area (Å²) in [6.45, 7) is 1.35. The number of nitrogens with zero attached hydrogens (tertiary/aromatic N) is 3. The molecule has 0 saturated carbocycles. The van der Waals surface area contributed by atoms with Crippen LogP contribution in [0.5, 0.6) is 40.5 Å². The third-order valence-corrected chi connectivity index (χ3v) is 6.15. The standard InChI is InChI=1S/C29H26F2N8O4/c1-39-11-10-36-26(39)16-4-2-6-18(12-16)41-24-22(30)27(42-19-7-3-5-17(14-19)37-29(34)35)38-28(23(24)31)43-21-13-15(25(32)33)8-9-20(21)40/h2-9,12-14,40H,10-11H2,1H3,(H3,32,33)(H4,34,35,37). The molecule has 0 atom stereocenters. The second-order valence-corrected chi connectivity index (χ2v) is 9.30. The van der Waals surface area contributed by atoms with Crippen molar-refractivity contribution in [1.29, 1.82) is 10.8 Å². The molecular formula is C29H26F2N8O4. The maximum Gasteiger partial charge on any atom is 0.263 e. The van der Waals surface area contributed by atoms with E-state index >= 15 is 8.78 Å². The SMILES string of the molecule is CN1CCN=C1c1cccc(Oc2c(F)c(Oc3cccc(NC(=N)N)c3)nc(Oc3cc(C(=N)N)ccc3O)c2F)c1. The molecule has 0 spiro atoms. The molecule has 0 amide bonds. The molecule has 0 bridgehead atoms. The number of anilines is 1. The predicted octanol–water partition coefficient (Wildman–Crippen LogP) is 4.72. The van der Waals surface area contributed by atoms with E-state index in [1.54, 1.807) is 30.3 Å². The van der Waals surface area contributed by atoms with Crippen LogP contribution in [-0.4, -0.2) is 52.8 Å². The van der Waals surface area contributed by atoms with Crippen molar-refractivity contribution in [3.8, 4) is 40.5 Å². The highest BCUT2D eigenvalue weighted by atomic mass is 19.1. The zero-order valence-electron chi connectivity index (χ0n) is 22.7. The summed E-state index contributed by atoms with van der Waals surface area (Å²) >= 11 is 0. The van der Waals surface area contributed by atoms with Gasteiger partial charge in [-0.05, 0) is 42.5 Å². The minimum Gasteiger partial charge on any atom is -0.504 e. The summed E-state index contributed by atoms with van der Waals surface area (Å²) in [6.07, 6.45) is 0. The monoisotopic (exact) mass is 588 g/mol. The second kappa shape index (κ2) is 11.9. The largest absolute Gasteiger partial charge is 0.504 e. The summed E-state index contributed by atoms with van der Waals surface area (Å²) in [6, 6.07) is 16.3.